The Labute approximate surface area is 161 Å². The van der Waals surface area contributed by atoms with Gasteiger partial charge in [0.25, 0.3) is 5.91 Å². The molecule has 0 N–H and O–H groups in total. The molecule has 0 saturated carbocycles. The van der Waals surface area contributed by atoms with Crippen LogP contribution in [-0.2, 0) is 11.3 Å². The normalized spacial score (nSPS) is 14.8. The van der Waals surface area contributed by atoms with Gasteiger partial charge in [-0.15, -0.1) is 0 Å². The number of carbonyl (C=O) groups excluding carboxylic acids is 1. The first-order chi connectivity index (χ1) is 12.6. The Balaban J connectivity index is 1.75. The lowest BCUT2D eigenvalue weighted by molar-refractivity contribution is -0.112. The van der Waals surface area contributed by atoms with Gasteiger partial charge in [0.2, 0.25) is 0 Å². The van der Waals surface area contributed by atoms with Crippen LogP contribution in [0.2, 0.25) is 10.0 Å². The summed E-state index contributed by atoms with van der Waals surface area (Å²) >= 11 is 12.2. The zero-order valence-corrected chi connectivity index (χ0v) is 15.2. The fourth-order valence-electron chi connectivity index (χ4n) is 2.97. The van der Waals surface area contributed by atoms with Gasteiger partial charge < -0.3 is 4.90 Å². The van der Waals surface area contributed by atoms with E-state index in [1.807, 2.05) is 48.5 Å². The highest BCUT2D eigenvalue weighted by atomic mass is 35.5. The second-order valence-corrected chi connectivity index (χ2v) is 6.78. The molecule has 4 rings (SSSR count). The minimum atomic E-state index is -0.138. The number of hydrogen-bond acceptors (Lipinski definition) is 2. The van der Waals surface area contributed by atoms with E-state index >= 15 is 0 Å². The molecule has 0 spiro atoms. The molecule has 1 aliphatic heterocycles. The summed E-state index contributed by atoms with van der Waals surface area (Å²) in [5, 5.41) is 1.27. The lowest BCUT2D eigenvalue weighted by Gasteiger charge is -2.17. The molecule has 1 heterocycles. The minimum Gasteiger partial charge on any atom is -0.302 e. The second-order valence-electron chi connectivity index (χ2n) is 5.94. The van der Waals surface area contributed by atoms with Crippen molar-refractivity contribution in [2.75, 3.05) is 4.90 Å². The molecule has 0 atom stereocenters. The first-order valence-electron chi connectivity index (χ1n) is 8.12. The van der Waals surface area contributed by atoms with Gasteiger partial charge in [0.15, 0.2) is 0 Å². The zero-order chi connectivity index (χ0) is 18.1. The van der Waals surface area contributed by atoms with E-state index in [1.165, 1.54) is 0 Å². The van der Waals surface area contributed by atoms with Crippen molar-refractivity contribution in [3.63, 3.8) is 0 Å². The molecule has 0 aromatic heterocycles. The van der Waals surface area contributed by atoms with Crippen LogP contribution in [0.15, 0.2) is 77.8 Å². The Morgan fingerprint density at radius 2 is 1.54 bits per heavy atom. The fraction of sp³-hybridized carbons (Fsp3) is 0.0476. The Morgan fingerprint density at radius 1 is 0.846 bits per heavy atom. The van der Waals surface area contributed by atoms with Crippen LogP contribution in [-0.4, -0.2) is 11.6 Å². The van der Waals surface area contributed by atoms with Gasteiger partial charge in [-0.3, -0.25) is 4.79 Å². The summed E-state index contributed by atoms with van der Waals surface area (Å²) in [5.74, 6) is -0.138. The van der Waals surface area contributed by atoms with Crippen molar-refractivity contribution in [1.29, 1.82) is 0 Å². The first kappa shape index (κ1) is 16.8. The summed E-state index contributed by atoms with van der Waals surface area (Å²) in [7, 11) is 0. The third-order valence-electron chi connectivity index (χ3n) is 4.25. The highest BCUT2D eigenvalue weighted by molar-refractivity contribution is 6.54. The third-order valence-corrected chi connectivity index (χ3v) is 4.87. The molecule has 0 aliphatic carbocycles. The highest BCUT2D eigenvalue weighted by Crippen LogP contribution is 2.33. The predicted octanol–water partition coefficient (Wildman–Crippen LogP) is 5.66. The molecule has 0 fully saturated rings. The van der Waals surface area contributed by atoms with Gasteiger partial charge in [-0.05, 0) is 42.0 Å². The Bertz CT molecular complexity index is 1010. The molecule has 0 radical (unpaired) electrons. The smallest absolute Gasteiger partial charge is 0.277 e. The van der Waals surface area contributed by atoms with Crippen molar-refractivity contribution in [1.82, 2.24) is 0 Å². The average Bonchev–Trinajstić information content (AvgIpc) is 2.91. The van der Waals surface area contributed by atoms with E-state index < -0.39 is 0 Å². The summed E-state index contributed by atoms with van der Waals surface area (Å²) in [4.78, 5) is 19.4. The molecule has 5 heteroatoms. The van der Waals surface area contributed by atoms with E-state index in [-0.39, 0.29) is 5.91 Å². The number of fused-ring (bicyclic) bond motifs is 1. The monoisotopic (exact) mass is 380 g/mol. The summed E-state index contributed by atoms with van der Waals surface area (Å²) in [6.45, 7) is 0.398. The van der Waals surface area contributed by atoms with E-state index in [0.717, 1.165) is 16.8 Å². The van der Waals surface area contributed by atoms with Crippen LogP contribution in [0, 0.1) is 0 Å². The Morgan fingerprint density at radius 3 is 2.31 bits per heavy atom. The lowest BCUT2D eigenvalue weighted by Crippen LogP contribution is -2.29. The maximum atomic E-state index is 13.1. The number of aliphatic imine (C=N–C) groups is 1. The molecule has 0 bridgehead atoms. The summed E-state index contributed by atoms with van der Waals surface area (Å²) < 4.78 is 0. The van der Waals surface area contributed by atoms with Crippen LogP contribution in [0.3, 0.4) is 0 Å². The minimum absolute atomic E-state index is 0.138. The summed E-state index contributed by atoms with van der Waals surface area (Å²) in [6.07, 6.45) is 0. The van der Waals surface area contributed by atoms with Crippen molar-refractivity contribution < 1.29 is 4.79 Å². The number of hydrogen-bond donors (Lipinski definition) is 0. The predicted molar refractivity (Wildman–Crippen MR) is 107 cm³/mol. The molecule has 0 unspecified atom stereocenters. The van der Waals surface area contributed by atoms with E-state index in [1.54, 1.807) is 29.2 Å². The van der Waals surface area contributed by atoms with Gasteiger partial charge in [-0.25, -0.2) is 4.99 Å². The number of carbonyl (C=O) groups is 1. The molecule has 128 valence electrons. The number of para-hydroxylation sites is 1. The van der Waals surface area contributed by atoms with Crippen LogP contribution < -0.4 is 4.90 Å². The van der Waals surface area contributed by atoms with E-state index in [2.05, 4.69) is 4.99 Å². The van der Waals surface area contributed by atoms with Crippen molar-refractivity contribution in [2.45, 2.75) is 6.54 Å². The zero-order valence-electron chi connectivity index (χ0n) is 13.7. The summed E-state index contributed by atoms with van der Waals surface area (Å²) in [5.41, 5.74) is 3.66. The number of benzene rings is 3. The molecule has 0 saturated heterocycles. The van der Waals surface area contributed by atoms with Gasteiger partial charge in [0, 0.05) is 15.6 Å². The third kappa shape index (κ3) is 3.12. The van der Waals surface area contributed by atoms with E-state index in [9.17, 15) is 4.79 Å². The quantitative estimate of drug-likeness (QED) is 0.576. The van der Waals surface area contributed by atoms with Crippen LogP contribution in [0.4, 0.5) is 11.4 Å². The molecular formula is C21H14Cl2N2O. The van der Waals surface area contributed by atoms with Gasteiger partial charge in [-0.2, -0.15) is 0 Å². The molecule has 3 nitrogen and oxygen atoms in total. The summed E-state index contributed by atoms with van der Waals surface area (Å²) in [6, 6.07) is 22.3. The average molecular weight is 381 g/mol. The number of rotatable bonds is 3. The van der Waals surface area contributed by atoms with Crippen molar-refractivity contribution in [3.05, 3.63) is 94.0 Å². The first-order valence-corrected chi connectivity index (χ1v) is 8.88. The SMILES string of the molecule is O=C1C(=Nc2ccc(Cl)cc2)c2ccccc2N1Cc1ccccc1Cl. The lowest BCUT2D eigenvalue weighted by atomic mass is 10.1. The van der Waals surface area contributed by atoms with Crippen molar-refractivity contribution in [3.8, 4) is 0 Å². The highest BCUT2D eigenvalue weighted by Gasteiger charge is 2.33. The van der Waals surface area contributed by atoms with Gasteiger partial charge in [-0.1, -0.05) is 59.6 Å². The molecule has 3 aromatic carbocycles. The fourth-order valence-corrected chi connectivity index (χ4v) is 3.29. The van der Waals surface area contributed by atoms with Gasteiger partial charge in [0.1, 0.15) is 5.71 Å². The van der Waals surface area contributed by atoms with Gasteiger partial charge in [0.05, 0.1) is 17.9 Å². The van der Waals surface area contributed by atoms with Crippen LogP contribution >= 0.6 is 23.2 Å². The van der Waals surface area contributed by atoms with Crippen molar-refractivity contribution >= 4 is 46.2 Å². The molecular weight excluding hydrogens is 367 g/mol. The maximum Gasteiger partial charge on any atom is 0.277 e. The molecule has 1 amide bonds. The van der Waals surface area contributed by atoms with Crippen molar-refractivity contribution in [2.24, 2.45) is 4.99 Å². The standard InChI is InChI=1S/C21H14Cl2N2O/c22-15-9-11-16(12-10-15)24-20-17-6-2-4-8-19(17)25(21(20)26)13-14-5-1-3-7-18(14)23/h1-12H,13H2. The Kier molecular flexibility index (Phi) is 4.49. The van der Waals surface area contributed by atoms with E-state index in [4.69, 9.17) is 23.2 Å². The molecule has 26 heavy (non-hydrogen) atoms. The molecule has 1 aliphatic rings. The van der Waals surface area contributed by atoms with Crippen LogP contribution in [0.1, 0.15) is 11.1 Å². The topological polar surface area (TPSA) is 32.7 Å². The number of amides is 1. The number of halogens is 2. The molecule has 3 aromatic rings. The van der Waals surface area contributed by atoms with E-state index in [0.29, 0.717) is 28.0 Å². The maximum absolute atomic E-state index is 13.1. The number of nitrogens with zero attached hydrogens (tertiary/aromatic N) is 2. The number of anilines is 1. The van der Waals surface area contributed by atoms with Crippen LogP contribution in [0.25, 0.3) is 0 Å². The largest absolute Gasteiger partial charge is 0.302 e. The van der Waals surface area contributed by atoms with Crippen LogP contribution in [0.5, 0.6) is 0 Å². The Hall–Kier alpha value is -2.62. The van der Waals surface area contributed by atoms with Gasteiger partial charge >= 0.3 is 0 Å². The second kappa shape index (κ2) is 6.94.